The van der Waals surface area contributed by atoms with Gasteiger partial charge in [-0.2, -0.15) is 0 Å². The maximum Gasteiger partial charge on any atom is 0.326 e. The third-order valence-corrected chi connectivity index (χ3v) is 4.18. The van der Waals surface area contributed by atoms with Crippen LogP contribution in [0.5, 0.6) is 0 Å². The Labute approximate surface area is 125 Å². The smallest absolute Gasteiger partial charge is 0.326 e. The Balaban J connectivity index is 2.09. The zero-order chi connectivity index (χ0) is 14.0. The summed E-state index contributed by atoms with van der Waals surface area (Å²) < 4.78 is 0.830. The van der Waals surface area contributed by atoms with E-state index in [0.717, 1.165) is 22.0 Å². The van der Waals surface area contributed by atoms with Gasteiger partial charge >= 0.3 is 5.97 Å². The van der Waals surface area contributed by atoms with Crippen LogP contribution in [0.3, 0.4) is 0 Å². The second-order valence-electron chi connectivity index (χ2n) is 5.03. The summed E-state index contributed by atoms with van der Waals surface area (Å²) in [4.78, 5) is 23.3. The number of halogens is 1. The molecule has 1 aliphatic rings. The van der Waals surface area contributed by atoms with E-state index in [-0.39, 0.29) is 5.91 Å². The molecule has 1 aliphatic carbocycles. The third-order valence-electron chi connectivity index (χ3n) is 3.24. The molecule has 1 aromatic carbocycles. The van der Waals surface area contributed by atoms with E-state index in [0.29, 0.717) is 17.9 Å². The number of carboxylic acids is 1. The number of carbonyl (C=O) groups excluding carboxylic acids is 1. The number of carbonyl (C=O) groups is 2. The number of aliphatic carboxylic acids is 1. The number of hydrogen-bond donors (Lipinski definition) is 2. The fourth-order valence-electron chi connectivity index (χ4n) is 1.96. The Morgan fingerprint density at radius 1 is 1.47 bits per heavy atom. The van der Waals surface area contributed by atoms with Crippen LogP contribution in [-0.2, 0) is 4.79 Å². The highest BCUT2D eigenvalue weighted by Gasteiger charge is 2.30. The van der Waals surface area contributed by atoms with Crippen molar-refractivity contribution in [2.75, 3.05) is 0 Å². The van der Waals surface area contributed by atoms with Gasteiger partial charge in [-0.15, -0.1) is 0 Å². The van der Waals surface area contributed by atoms with E-state index < -0.39 is 12.0 Å². The summed E-state index contributed by atoms with van der Waals surface area (Å²) in [5, 5.41) is 11.8. The predicted octanol–water partition coefficient (Wildman–Crippen LogP) is 2.58. The van der Waals surface area contributed by atoms with Crippen LogP contribution < -0.4 is 5.32 Å². The highest BCUT2D eigenvalue weighted by molar-refractivity contribution is 14.1. The summed E-state index contributed by atoms with van der Waals surface area (Å²) >= 11 is 2.09. The highest BCUT2D eigenvalue weighted by Crippen LogP contribution is 2.33. The van der Waals surface area contributed by atoms with Gasteiger partial charge in [0.25, 0.3) is 5.91 Å². The van der Waals surface area contributed by atoms with Crippen LogP contribution in [0.25, 0.3) is 0 Å². The Morgan fingerprint density at radius 2 is 2.16 bits per heavy atom. The molecule has 1 aromatic rings. The molecule has 0 spiro atoms. The minimum atomic E-state index is -0.956. The minimum absolute atomic E-state index is 0.304. The van der Waals surface area contributed by atoms with Gasteiger partial charge in [-0.1, -0.05) is 24.5 Å². The van der Waals surface area contributed by atoms with Crippen molar-refractivity contribution in [3.05, 3.63) is 32.9 Å². The maximum absolute atomic E-state index is 12.2. The molecule has 1 fully saturated rings. The molecule has 0 aromatic heterocycles. The van der Waals surface area contributed by atoms with E-state index >= 15 is 0 Å². The summed E-state index contributed by atoms with van der Waals surface area (Å²) in [5.74, 6) is -0.804. The Bertz CT molecular complexity index is 511. The average Bonchev–Trinajstić information content (AvgIpc) is 3.15. The van der Waals surface area contributed by atoms with Gasteiger partial charge in [-0.3, -0.25) is 4.79 Å². The molecule has 1 unspecified atom stereocenters. The van der Waals surface area contributed by atoms with Crippen molar-refractivity contribution in [1.29, 1.82) is 0 Å². The largest absolute Gasteiger partial charge is 0.480 e. The van der Waals surface area contributed by atoms with Crippen molar-refractivity contribution in [2.45, 2.75) is 32.2 Å². The fourth-order valence-corrected chi connectivity index (χ4v) is 2.54. The first-order chi connectivity index (χ1) is 8.97. The number of aryl methyl sites for hydroxylation is 1. The standard InChI is InChI=1S/C14H16INO3/c1-8-2-5-11(15)10(6-8)13(17)16-12(14(18)19)7-9-3-4-9/h2,5-6,9,12H,3-4,7H2,1H3,(H,16,17)(H,18,19). The molecule has 102 valence electrons. The average molecular weight is 373 g/mol. The van der Waals surface area contributed by atoms with Crippen LogP contribution in [0.1, 0.15) is 35.2 Å². The van der Waals surface area contributed by atoms with Crippen molar-refractivity contribution in [3.8, 4) is 0 Å². The molecule has 19 heavy (non-hydrogen) atoms. The van der Waals surface area contributed by atoms with Crippen LogP contribution in [0.2, 0.25) is 0 Å². The third kappa shape index (κ3) is 3.92. The van der Waals surface area contributed by atoms with Crippen molar-refractivity contribution < 1.29 is 14.7 Å². The topological polar surface area (TPSA) is 66.4 Å². The number of rotatable bonds is 5. The Hall–Kier alpha value is -1.11. The number of carboxylic acid groups (broad SMARTS) is 1. The molecule has 2 N–H and O–H groups in total. The van der Waals surface area contributed by atoms with Crippen molar-refractivity contribution >= 4 is 34.5 Å². The van der Waals surface area contributed by atoms with Crippen LogP contribution in [0.4, 0.5) is 0 Å². The van der Waals surface area contributed by atoms with E-state index in [1.807, 2.05) is 19.1 Å². The van der Waals surface area contributed by atoms with E-state index in [4.69, 9.17) is 5.11 Å². The zero-order valence-electron chi connectivity index (χ0n) is 10.6. The van der Waals surface area contributed by atoms with Gasteiger partial charge in [-0.05, 0) is 54.0 Å². The predicted molar refractivity (Wildman–Crippen MR) is 80.1 cm³/mol. The zero-order valence-corrected chi connectivity index (χ0v) is 12.8. The Morgan fingerprint density at radius 3 is 2.74 bits per heavy atom. The van der Waals surface area contributed by atoms with Gasteiger partial charge in [0.05, 0.1) is 5.56 Å². The molecule has 1 saturated carbocycles. The summed E-state index contributed by atoms with van der Waals surface area (Å²) in [6, 6.07) is 4.79. The van der Waals surface area contributed by atoms with Gasteiger partial charge in [-0.25, -0.2) is 4.79 Å². The van der Waals surface area contributed by atoms with Crippen molar-refractivity contribution in [1.82, 2.24) is 5.32 Å². The number of hydrogen-bond acceptors (Lipinski definition) is 2. The molecule has 0 heterocycles. The second kappa shape index (κ2) is 5.90. The van der Waals surface area contributed by atoms with Crippen molar-refractivity contribution in [2.24, 2.45) is 5.92 Å². The molecule has 2 rings (SSSR count). The normalized spacial score (nSPS) is 15.9. The molecule has 5 heteroatoms. The summed E-state index contributed by atoms with van der Waals surface area (Å²) in [6.45, 7) is 1.91. The van der Waals surface area contributed by atoms with E-state index in [1.54, 1.807) is 6.07 Å². The van der Waals surface area contributed by atoms with Crippen LogP contribution in [-0.4, -0.2) is 23.0 Å². The minimum Gasteiger partial charge on any atom is -0.480 e. The molecule has 0 saturated heterocycles. The highest BCUT2D eigenvalue weighted by atomic mass is 127. The first-order valence-electron chi connectivity index (χ1n) is 6.27. The molecule has 0 aliphatic heterocycles. The van der Waals surface area contributed by atoms with Gasteiger partial charge in [0.2, 0.25) is 0 Å². The van der Waals surface area contributed by atoms with E-state index in [2.05, 4.69) is 27.9 Å². The molecule has 1 amide bonds. The molecular weight excluding hydrogens is 357 g/mol. The van der Waals surface area contributed by atoms with Crippen LogP contribution >= 0.6 is 22.6 Å². The van der Waals surface area contributed by atoms with Crippen LogP contribution in [0.15, 0.2) is 18.2 Å². The number of amides is 1. The second-order valence-corrected chi connectivity index (χ2v) is 6.19. The lowest BCUT2D eigenvalue weighted by atomic mass is 10.1. The Kier molecular flexibility index (Phi) is 4.44. The first-order valence-corrected chi connectivity index (χ1v) is 7.35. The van der Waals surface area contributed by atoms with Gasteiger partial charge in [0.1, 0.15) is 6.04 Å². The number of nitrogens with one attached hydrogen (secondary N) is 1. The van der Waals surface area contributed by atoms with E-state index in [1.165, 1.54) is 0 Å². The molecule has 1 atom stereocenters. The maximum atomic E-state index is 12.2. The van der Waals surface area contributed by atoms with Gasteiger partial charge in [0.15, 0.2) is 0 Å². The monoisotopic (exact) mass is 373 g/mol. The fraction of sp³-hybridized carbons (Fsp3) is 0.429. The number of benzene rings is 1. The molecule has 0 radical (unpaired) electrons. The van der Waals surface area contributed by atoms with Crippen molar-refractivity contribution in [3.63, 3.8) is 0 Å². The lowest BCUT2D eigenvalue weighted by Gasteiger charge is -2.15. The first kappa shape index (κ1) is 14.3. The summed E-state index contributed by atoms with van der Waals surface area (Å²) in [5.41, 5.74) is 1.53. The lowest BCUT2D eigenvalue weighted by molar-refractivity contribution is -0.139. The summed E-state index contributed by atoms with van der Waals surface area (Å²) in [6.07, 6.45) is 2.67. The lowest BCUT2D eigenvalue weighted by Crippen LogP contribution is -2.41. The SMILES string of the molecule is Cc1ccc(I)c(C(=O)NC(CC2CC2)C(=O)O)c1. The quantitative estimate of drug-likeness (QED) is 0.780. The molecule has 4 nitrogen and oxygen atoms in total. The van der Waals surface area contributed by atoms with Gasteiger partial charge < -0.3 is 10.4 Å². The van der Waals surface area contributed by atoms with Gasteiger partial charge in [0, 0.05) is 3.57 Å². The van der Waals surface area contributed by atoms with E-state index in [9.17, 15) is 9.59 Å². The van der Waals surface area contributed by atoms with Crippen LogP contribution in [0, 0.1) is 16.4 Å². The summed E-state index contributed by atoms with van der Waals surface area (Å²) in [7, 11) is 0. The molecule has 0 bridgehead atoms. The molecular formula is C14H16INO3.